The smallest absolute Gasteiger partial charge is 0.279 e. The Morgan fingerprint density at radius 3 is 2.47 bits per heavy atom. The number of hydrazine groups is 1. The summed E-state index contributed by atoms with van der Waals surface area (Å²) in [6.07, 6.45) is 1.25. The first kappa shape index (κ1) is 21.8. The van der Waals surface area contributed by atoms with Gasteiger partial charge in [0.1, 0.15) is 11.8 Å². The zero-order valence-electron chi connectivity index (χ0n) is 16.6. The predicted molar refractivity (Wildman–Crippen MR) is 115 cm³/mol. The van der Waals surface area contributed by atoms with Crippen molar-refractivity contribution in [3.8, 4) is 5.75 Å². The van der Waals surface area contributed by atoms with E-state index in [1.165, 1.54) is 0 Å². The molecule has 0 aliphatic carbocycles. The first-order chi connectivity index (χ1) is 14.5. The minimum absolute atomic E-state index is 0.0667. The summed E-state index contributed by atoms with van der Waals surface area (Å²) < 4.78 is 6.44. The summed E-state index contributed by atoms with van der Waals surface area (Å²) in [7, 11) is 0. The molecule has 8 heteroatoms. The van der Waals surface area contributed by atoms with Gasteiger partial charge in [-0.25, -0.2) is 0 Å². The van der Waals surface area contributed by atoms with Crippen LogP contribution in [0.1, 0.15) is 37.8 Å². The van der Waals surface area contributed by atoms with Gasteiger partial charge in [0.2, 0.25) is 5.91 Å². The molecule has 2 aromatic carbocycles. The number of likely N-dealkylation sites (tertiary alicyclic amines) is 1. The van der Waals surface area contributed by atoms with Gasteiger partial charge in [-0.05, 0) is 43.5 Å². The van der Waals surface area contributed by atoms with E-state index in [4.69, 9.17) is 4.74 Å². The fourth-order valence-corrected chi connectivity index (χ4v) is 3.68. The van der Waals surface area contributed by atoms with Gasteiger partial charge < -0.3 is 9.64 Å². The van der Waals surface area contributed by atoms with Crippen molar-refractivity contribution in [2.45, 2.75) is 38.3 Å². The summed E-state index contributed by atoms with van der Waals surface area (Å²) in [6.45, 7) is 2.09. The van der Waals surface area contributed by atoms with E-state index in [1.54, 1.807) is 42.2 Å². The van der Waals surface area contributed by atoms with Crippen molar-refractivity contribution in [1.29, 1.82) is 0 Å². The molecule has 1 heterocycles. The molecule has 1 aliphatic heterocycles. The lowest BCUT2D eigenvalue weighted by molar-refractivity contribution is -0.144. The minimum atomic E-state index is -0.827. The van der Waals surface area contributed by atoms with Gasteiger partial charge in [0.05, 0.1) is 0 Å². The molecule has 2 unspecified atom stereocenters. The zero-order chi connectivity index (χ0) is 21.5. The molecule has 0 saturated carbocycles. The summed E-state index contributed by atoms with van der Waals surface area (Å²) >= 11 is 3.35. The maximum atomic E-state index is 13.0. The van der Waals surface area contributed by atoms with E-state index in [-0.39, 0.29) is 5.91 Å². The van der Waals surface area contributed by atoms with E-state index >= 15 is 0 Å². The Balaban J connectivity index is 1.65. The maximum absolute atomic E-state index is 13.0. The van der Waals surface area contributed by atoms with Crippen LogP contribution in [-0.2, 0) is 14.4 Å². The van der Waals surface area contributed by atoms with E-state index in [1.807, 2.05) is 24.3 Å². The van der Waals surface area contributed by atoms with Gasteiger partial charge in [0, 0.05) is 17.4 Å². The zero-order valence-corrected chi connectivity index (χ0v) is 18.2. The molecule has 2 N–H and O–H groups in total. The number of nitrogens with zero attached hydrogens (tertiary/aromatic N) is 1. The van der Waals surface area contributed by atoms with Crippen LogP contribution in [0.2, 0.25) is 0 Å². The van der Waals surface area contributed by atoms with Crippen LogP contribution < -0.4 is 15.6 Å². The molecule has 1 saturated heterocycles. The average molecular weight is 474 g/mol. The number of benzene rings is 2. The largest absolute Gasteiger partial charge is 0.481 e. The van der Waals surface area contributed by atoms with E-state index in [9.17, 15) is 14.4 Å². The predicted octanol–water partition coefficient (Wildman–Crippen LogP) is 3.12. The average Bonchev–Trinajstić information content (AvgIpc) is 2.74. The van der Waals surface area contributed by atoms with Crippen LogP contribution in [0.15, 0.2) is 59.1 Å². The molecular formula is C22H24BrN3O4. The van der Waals surface area contributed by atoms with Gasteiger partial charge >= 0.3 is 0 Å². The maximum Gasteiger partial charge on any atom is 0.279 e. The van der Waals surface area contributed by atoms with E-state index in [0.717, 1.165) is 17.3 Å². The molecule has 30 heavy (non-hydrogen) atoms. The fraction of sp³-hybridized carbons (Fsp3) is 0.318. The Kier molecular flexibility index (Phi) is 7.46. The number of nitrogens with one attached hydrogen (secondary N) is 2. The van der Waals surface area contributed by atoms with Crippen LogP contribution in [0, 0.1) is 0 Å². The van der Waals surface area contributed by atoms with Gasteiger partial charge in [0.25, 0.3) is 11.8 Å². The molecule has 1 fully saturated rings. The normalized spacial score (nSPS) is 15.8. The van der Waals surface area contributed by atoms with Crippen molar-refractivity contribution in [1.82, 2.24) is 15.8 Å². The topological polar surface area (TPSA) is 87.7 Å². The Morgan fingerprint density at radius 2 is 1.77 bits per heavy atom. The van der Waals surface area contributed by atoms with E-state index in [2.05, 4.69) is 26.8 Å². The van der Waals surface area contributed by atoms with E-state index < -0.39 is 24.0 Å². The number of hydrogen-bond donors (Lipinski definition) is 2. The number of halogens is 1. The first-order valence-corrected chi connectivity index (χ1v) is 10.6. The summed E-state index contributed by atoms with van der Waals surface area (Å²) in [5.74, 6) is -0.512. The van der Waals surface area contributed by atoms with Crippen molar-refractivity contribution >= 4 is 33.7 Å². The Labute approximate surface area is 183 Å². The highest BCUT2D eigenvalue weighted by atomic mass is 79.9. The number of carbonyl (C=O) groups is 3. The van der Waals surface area contributed by atoms with Crippen LogP contribution in [0.4, 0.5) is 0 Å². The standard InChI is InChI=1S/C22H24BrN3O4/c1-15(30-18-11-7-10-17(23)14-18)21(28)24-25-22(29)20(16-8-3-2-4-9-16)26-13-6-5-12-19(26)27/h2-4,7-11,14-15,20H,5-6,12-13H2,1H3,(H,24,28)(H,25,29). The number of carbonyl (C=O) groups excluding carboxylic acids is 3. The van der Waals surface area contributed by atoms with Crippen LogP contribution in [-0.4, -0.2) is 35.3 Å². The summed E-state index contributed by atoms with van der Waals surface area (Å²) in [5, 5.41) is 0. The molecule has 3 amide bonds. The van der Waals surface area contributed by atoms with Crippen molar-refractivity contribution in [2.75, 3.05) is 6.54 Å². The third-order valence-corrected chi connectivity index (χ3v) is 5.32. The second-order valence-electron chi connectivity index (χ2n) is 7.05. The fourth-order valence-electron chi connectivity index (χ4n) is 3.30. The van der Waals surface area contributed by atoms with Gasteiger partial charge in [0.15, 0.2) is 6.10 Å². The van der Waals surface area contributed by atoms with Gasteiger partial charge in [-0.15, -0.1) is 0 Å². The lowest BCUT2D eigenvalue weighted by atomic mass is 10.0. The van der Waals surface area contributed by atoms with Crippen molar-refractivity contribution < 1.29 is 19.1 Å². The highest BCUT2D eigenvalue weighted by molar-refractivity contribution is 9.10. The van der Waals surface area contributed by atoms with Crippen LogP contribution in [0.5, 0.6) is 5.75 Å². The minimum Gasteiger partial charge on any atom is -0.481 e. The molecule has 2 aromatic rings. The number of piperidine rings is 1. The van der Waals surface area contributed by atoms with Gasteiger partial charge in [-0.3, -0.25) is 25.2 Å². The van der Waals surface area contributed by atoms with E-state index in [0.29, 0.717) is 24.3 Å². The Morgan fingerprint density at radius 1 is 1.03 bits per heavy atom. The van der Waals surface area contributed by atoms with Gasteiger partial charge in [-0.1, -0.05) is 52.3 Å². The van der Waals surface area contributed by atoms with Crippen LogP contribution in [0.25, 0.3) is 0 Å². The number of hydrogen-bond acceptors (Lipinski definition) is 4. The number of ether oxygens (including phenoxy) is 1. The second-order valence-corrected chi connectivity index (χ2v) is 7.97. The number of rotatable bonds is 6. The third kappa shape index (κ3) is 5.60. The molecule has 2 atom stereocenters. The lowest BCUT2D eigenvalue weighted by Gasteiger charge is -2.34. The summed E-state index contributed by atoms with van der Waals surface area (Å²) in [5.41, 5.74) is 5.56. The number of amides is 3. The SMILES string of the molecule is CC(Oc1cccc(Br)c1)C(=O)NNC(=O)C(c1ccccc1)N1CCCCC1=O. The Bertz CT molecular complexity index is 906. The molecule has 0 bridgehead atoms. The van der Waals surface area contributed by atoms with Crippen LogP contribution in [0.3, 0.4) is 0 Å². The molecule has 0 spiro atoms. The molecular weight excluding hydrogens is 450 g/mol. The monoisotopic (exact) mass is 473 g/mol. The molecule has 0 aromatic heterocycles. The molecule has 158 valence electrons. The van der Waals surface area contributed by atoms with Crippen molar-refractivity contribution in [3.63, 3.8) is 0 Å². The first-order valence-electron chi connectivity index (χ1n) is 9.82. The molecule has 7 nitrogen and oxygen atoms in total. The highest BCUT2D eigenvalue weighted by Crippen LogP contribution is 2.25. The molecule has 3 rings (SSSR count). The summed E-state index contributed by atoms with van der Waals surface area (Å²) in [6, 6.07) is 15.4. The summed E-state index contributed by atoms with van der Waals surface area (Å²) in [4.78, 5) is 39.3. The second kappa shape index (κ2) is 10.2. The molecule has 0 radical (unpaired) electrons. The van der Waals surface area contributed by atoms with Gasteiger partial charge in [-0.2, -0.15) is 0 Å². The van der Waals surface area contributed by atoms with Crippen molar-refractivity contribution in [2.24, 2.45) is 0 Å². The van der Waals surface area contributed by atoms with Crippen molar-refractivity contribution in [3.05, 3.63) is 64.6 Å². The lowest BCUT2D eigenvalue weighted by Crippen LogP contribution is -2.52. The third-order valence-electron chi connectivity index (χ3n) is 4.82. The Hall–Kier alpha value is -2.87. The quantitative estimate of drug-likeness (QED) is 0.630. The highest BCUT2D eigenvalue weighted by Gasteiger charge is 2.33. The van der Waals surface area contributed by atoms with Crippen LogP contribution >= 0.6 is 15.9 Å². The molecule has 1 aliphatic rings.